The molecule has 0 radical (unpaired) electrons. The fourth-order valence-electron chi connectivity index (χ4n) is 5.38. The van der Waals surface area contributed by atoms with E-state index < -0.39 is 0 Å². The van der Waals surface area contributed by atoms with Crippen molar-refractivity contribution in [1.29, 1.82) is 0 Å². The van der Waals surface area contributed by atoms with Crippen LogP contribution in [-0.2, 0) is 11.2 Å². The molecule has 0 spiro atoms. The van der Waals surface area contributed by atoms with E-state index >= 15 is 0 Å². The number of likely N-dealkylation sites (N-methyl/N-ethyl adjacent to an activating group) is 1. The lowest BCUT2D eigenvalue weighted by atomic mass is 9.87. The van der Waals surface area contributed by atoms with E-state index in [2.05, 4.69) is 50.9 Å². The zero-order chi connectivity index (χ0) is 27.9. The molecular formula is C33H50N2O3. The summed E-state index contributed by atoms with van der Waals surface area (Å²) >= 11 is 0. The topological polar surface area (TPSA) is 53.0 Å². The van der Waals surface area contributed by atoms with E-state index in [0.717, 1.165) is 106 Å². The predicted octanol–water partition coefficient (Wildman–Crippen LogP) is 7.05. The lowest BCUT2D eigenvalue weighted by molar-refractivity contribution is -0.128. The lowest BCUT2D eigenvalue weighted by Crippen LogP contribution is -2.47. The van der Waals surface area contributed by atoms with Crippen LogP contribution in [0.4, 0.5) is 0 Å². The minimum absolute atomic E-state index is 0.161. The summed E-state index contributed by atoms with van der Waals surface area (Å²) in [6.07, 6.45) is 14.8. The SMILES string of the molecule is C/C(=C\CC/C(C)=C/CCC1(C)CCc2cc(O)c(C)c(C)c2O1)CC/C=C(\C)C(=O)N1CCN(C)CC1. The Labute approximate surface area is 231 Å². The van der Waals surface area contributed by atoms with Gasteiger partial charge in [0.25, 0.3) is 0 Å². The number of hydrogen-bond donors (Lipinski definition) is 1. The largest absolute Gasteiger partial charge is 0.508 e. The fourth-order valence-corrected chi connectivity index (χ4v) is 5.38. The lowest BCUT2D eigenvalue weighted by Gasteiger charge is -2.37. The van der Waals surface area contributed by atoms with Crippen LogP contribution >= 0.6 is 0 Å². The zero-order valence-corrected chi connectivity index (χ0v) is 25.0. The van der Waals surface area contributed by atoms with Gasteiger partial charge < -0.3 is 19.6 Å². The van der Waals surface area contributed by atoms with E-state index in [9.17, 15) is 9.90 Å². The highest BCUT2D eigenvalue weighted by molar-refractivity contribution is 5.92. The second kappa shape index (κ2) is 13.5. The zero-order valence-electron chi connectivity index (χ0n) is 25.0. The molecule has 0 bridgehead atoms. The van der Waals surface area contributed by atoms with E-state index in [1.54, 1.807) is 0 Å². The second-order valence-corrected chi connectivity index (χ2v) is 11.9. The first-order valence-electron chi connectivity index (χ1n) is 14.5. The number of aryl methyl sites for hydroxylation is 1. The van der Waals surface area contributed by atoms with Crippen LogP contribution in [0.2, 0.25) is 0 Å². The van der Waals surface area contributed by atoms with E-state index in [4.69, 9.17) is 4.74 Å². The molecule has 1 fully saturated rings. The summed E-state index contributed by atoms with van der Waals surface area (Å²) < 4.78 is 6.51. The quantitative estimate of drug-likeness (QED) is 0.264. The Morgan fingerprint density at radius 3 is 2.24 bits per heavy atom. The molecule has 1 saturated heterocycles. The number of rotatable bonds is 10. The van der Waals surface area contributed by atoms with Crippen molar-refractivity contribution < 1.29 is 14.6 Å². The summed E-state index contributed by atoms with van der Waals surface area (Å²) in [6, 6.07) is 1.88. The van der Waals surface area contributed by atoms with Crippen LogP contribution in [0.25, 0.3) is 0 Å². The molecule has 3 rings (SSSR count). The number of carbonyl (C=O) groups excluding carboxylic acids is 1. The van der Waals surface area contributed by atoms with E-state index in [1.807, 2.05) is 31.7 Å². The van der Waals surface area contributed by atoms with Gasteiger partial charge in [0.1, 0.15) is 17.1 Å². The first-order chi connectivity index (χ1) is 18.0. The van der Waals surface area contributed by atoms with Gasteiger partial charge in [-0.25, -0.2) is 0 Å². The molecule has 0 aromatic heterocycles. The molecule has 1 aromatic carbocycles. The van der Waals surface area contributed by atoms with Crippen LogP contribution in [0.15, 0.2) is 41.0 Å². The minimum Gasteiger partial charge on any atom is -0.508 e. The molecular weight excluding hydrogens is 472 g/mol. The summed E-state index contributed by atoms with van der Waals surface area (Å²) in [5.41, 5.74) is 6.65. The maximum atomic E-state index is 12.6. The second-order valence-electron chi connectivity index (χ2n) is 11.9. The van der Waals surface area contributed by atoms with Gasteiger partial charge in [-0.3, -0.25) is 4.79 Å². The van der Waals surface area contributed by atoms with Gasteiger partial charge in [0.15, 0.2) is 0 Å². The highest BCUT2D eigenvalue weighted by Gasteiger charge is 2.32. The number of carbonyl (C=O) groups is 1. The molecule has 210 valence electrons. The Morgan fingerprint density at radius 2 is 1.58 bits per heavy atom. The Hall–Kier alpha value is -2.53. The molecule has 1 aromatic rings. The molecule has 2 aliphatic rings. The van der Waals surface area contributed by atoms with Gasteiger partial charge in [0, 0.05) is 31.8 Å². The first kappa shape index (κ1) is 30.0. The predicted molar refractivity (Wildman–Crippen MR) is 158 cm³/mol. The molecule has 2 heterocycles. The molecule has 2 aliphatic heterocycles. The van der Waals surface area contributed by atoms with Crippen LogP contribution in [0, 0.1) is 13.8 Å². The Balaban J connectivity index is 1.39. The smallest absolute Gasteiger partial charge is 0.249 e. The van der Waals surface area contributed by atoms with Gasteiger partial charge in [0.2, 0.25) is 5.91 Å². The van der Waals surface area contributed by atoms with Crippen LogP contribution < -0.4 is 4.74 Å². The average molecular weight is 523 g/mol. The summed E-state index contributed by atoms with van der Waals surface area (Å²) in [7, 11) is 2.11. The van der Waals surface area contributed by atoms with Crippen molar-refractivity contribution in [3.63, 3.8) is 0 Å². The van der Waals surface area contributed by atoms with Crippen LogP contribution in [0.3, 0.4) is 0 Å². The minimum atomic E-state index is -0.161. The third kappa shape index (κ3) is 8.23. The highest BCUT2D eigenvalue weighted by Crippen LogP contribution is 2.41. The molecule has 1 N–H and O–H groups in total. The van der Waals surface area contributed by atoms with Crippen molar-refractivity contribution in [3.8, 4) is 11.5 Å². The summed E-state index contributed by atoms with van der Waals surface area (Å²) in [4.78, 5) is 16.9. The number of benzene rings is 1. The van der Waals surface area contributed by atoms with Gasteiger partial charge in [0.05, 0.1) is 0 Å². The van der Waals surface area contributed by atoms with Crippen molar-refractivity contribution in [3.05, 3.63) is 57.7 Å². The number of allylic oxidation sites excluding steroid dienone is 5. The standard InChI is InChI=1S/C33H50N2O3/c1-24(13-9-15-26(3)32(37)35-21-19-34(7)20-22-35)11-8-12-25(2)14-10-17-33(6)18-16-29-23-30(36)27(4)28(5)31(29)38-33/h11,14-15,23,36H,8-10,12-13,16-22H2,1-7H3/b24-11+,25-14+,26-15+. The number of hydrogen-bond acceptors (Lipinski definition) is 4. The third-order valence-electron chi connectivity index (χ3n) is 8.48. The molecule has 1 amide bonds. The number of ether oxygens (including phenoxy) is 1. The number of fused-ring (bicyclic) bond motifs is 1. The van der Waals surface area contributed by atoms with Gasteiger partial charge >= 0.3 is 0 Å². The maximum absolute atomic E-state index is 12.6. The van der Waals surface area contributed by atoms with Gasteiger partial charge in [-0.1, -0.05) is 29.4 Å². The molecule has 0 saturated carbocycles. The van der Waals surface area contributed by atoms with Gasteiger partial charge in [-0.2, -0.15) is 0 Å². The molecule has 1 atom stereocenters. The molecule has 0 aliphatic carbocycles. The fraction of sp³-hybridized carbons (Fsp3) is 0.606. The van der Waals surface area contributed by atoms with E-state index in [-0.39, 0.29) is 11.5 Å². The van der Waals surface area contributed by atoms with Gasteiger partial charge in [-0.15, -0.1) is 0 Å². The number of piperazine rings is 1. The van der Waals surface area contributed by atoms with Crippen LogP contribution in [-0.4, -0.2) is 59.6 Å². The number of phenols is 1. The van der Waals surface area contributed by atoms with Crippen LogP contribution in [0.5, 0.6) is 11.5 Å². The summed E-state index contributed by atoms with van der Waals surface area (Å²) in [5, 5.41) is 10.1. The number of aromatic hydroxyl groups is 1. The molecule has 5 nitrogen and oxygen atoms in total. The molecule has 1 unspecified atom stereocenters. The Kier molecular flexibility index (Phi) is 10.7. The van der Waals surface area contributed by atoms with Crippen molar-refractivity contribution in [1.82, 2.24) is 9.80 Å². The maximum Gasteiger partial charge on any atom is 0.249 e. The van der Waals surface area contributed by atoms with E-state index in [0.29, 0.717) is 5.75 Å². The Bertz CT molecular complexity index is 1080. The van der Waals surface area contributed by atoms with Crippen molar-refractivity contribution in [2.24, 2.45) is 0 Å². The van der Waals surface area contributed by atoms with Crippen LogP contribution in [0.1, 0.15) is 89.3 Å². The molecule has 38 heavy (non-hydrogen) atoms. The molecule has 5 heteroatoms. The van der Waals surface area contributed by atoms with Crippen molar-refractivity contribution in [2.75, 3.05) is 33.2 Å². The summed E-state index contributed by atoms with van der Waals surface area (Å²) in [5.74, 6) is 1.55. The number of phenolic OH excluding ortho intramolecular Hbond substituents is 1. The first-order valence-corrected chi connectivity index (χ1v) is 14.5. The Morgan fingerprint density at radius 1 is 0.974 bits per heavy atom. The monoisotopic (exact) mass is 522 g/mol. The van der Waals surface area contributed by atoms with Crippen molar-refractivity contribution in [2.45, 2.75) is 98.5 Å². The van der Waals surface area contributed by atoms with Gasteiger partial charge in [-0.05, 0) is 123 Å². The normalized spacial score (nSPS) is 21.3. The average Bonchev–Trinajstić information content (AvgIpc) is 2.88. The van der Waals surface area contributed by atoms with Crippen molar-refractivity contribution >= 4 is 5.91 Å². The third-order valence-corrected chi connectivity index (χ3v) is 8.48. The number of amides is 1. The summed E-state index contributed by atoms with van der Waals surface area (Å²) in [6.45, 7) is 16.2. The number of nitrogens with zero attached hydrogens (tertiary/aromatic N) is 2. The van der Waals surface area contributed by atoms with E-state index in [1.165, 1.54) is 11.1 Å². The highest BCUT2D eigenvalue weighted by atomic mass is 16.5.